The van der Waals surface area contributed by atoms with Crippen LogP contribution in [0.15, 0.2) is 34.3 Å². The molecule has 0 saturated heterocycles. The van der Waals surface area contributed by atoms with Crippen LogP contribution in [0.25, 0.3) is 0 Å². The number of carbonyl (C=O) groups is 1. The van der Waals surface area contributed by atoms with Gasteiger partial charge in [-0.05, 0) is 38.1 Å². The number of benzene rings is 1. The summed E-state index contributed by atoms with van der Waals surface area (Å²) < 4.78 is 22.6. The van der Waals surface area contributed by atoms with Crippen LogP contribution in [0.5, 0.6) is 0 Å². The minimum Gasteiger partial charge on any atom is -0.409 e. The van der Waals surface area contributed by atoms with E-state index < -0.39 is 21.2 Å². The van der Waals surface area contributed by atoms with Crippen molar-refractivity contribution in [3.05, 3.63) is 24.3 Å². The van der Waals surface area contributed by atoms with E-state index in [1.165, 1.54) is 38.1 Å². The first kappa shape index (κ1) is 16.0. The molecule has 1 rings (SSSR count). The maximum Gasteiger partial charge on any atom is 0.237 e. The second-order valence-electron chi connectivity index (χ2n) is 4.86. The molecule has 0 fully saturated rings. The number of carbonyl (C=O) groups excluding carboxylic acids is 1. The molecule has 0 aliphatic carbocycles. The molecule has 8 heteroatoms. The minimum absolute atomic E-state index is 0.159. The molecule has 20 heavy (non-hydrogen) atoms. The highest BCUT2D eigenvalue weighted by molar-refractivity contribution is 7.90. The van der Waals surface area contributed by atoms with E-state index >= 15 is 0 Å². The van der Waals surface area contributed by atoms with Crippen LogP contribution in [-0.4, -0.2) is 31.6 Å². The molecule has 0 unspecified atom stereocenters. The van der Waals surface area contributed by atoms with E-state index in [2.05, 4.69) is 10.5 Å². The van der Waals surface area contributed by atoms with Crippen LogP contribution < -0.4 is 11.1 Å². The van der Waals surface area contributed by atoms with Gasteiger partial charge in [-0.3, -0.25) is 4.79 Å². The van der Waals surface area contributed by atoms with E-state index in [0.717, 1.165) is 6.26 Å². The fourth-order valence-corrected chi connectivity index (χ4v) is 1.94. The first-order valence-electron chi connectivity index (χ1n) is 5.68. The van der Waals surface area contributed by atoms with Crippen LogP contribution >= 0.6 is 0 Å². The number of nitrogens with zero attached hydrogens (tertiary/aromatic N) is 1. The van der Waals surface area contributed by atoms with E-state index in [4.69, 9.17) is 10.9 Å². The Bertz CT molecular complexity index is 633. The predicted molar refractivity (Wildman–Crippen MR) is 75.4 cm³/mol. The molecule has 1 amide bonds. The zero-order valence-corrected chi connectivity index (χ0v) is 12.2. The van der Waals surface area contributed by atoms with E-state index in [1.807, 2.05) is 0 Å². The van der Waals surface area contributed by atoms with Crippen LogP contribution in [0.2, 0.25) is 0 Å². The van der Waals surface area contributed by atoms with Crippen molar-refractivity contribution in [2.45, 2.75) is 18.7 Å². The number of amidine groups is 1. The summed E-state index contributed by atoms with van der Waals surface area (Å²) in [7, 11) is -3.28. The molecule has 0 heterocycles. The van der Waals surface area contributed by atoms with Gasteiger partial charge < -0.3 is 16.3 Å². The summed E-state index contributed by atoms with van der Waals surface area (Å²) in [4.78, 5) is 12.2. The molecule has 7 nitrogen and oxygen atoms in total. The number of hydrogen-bond donors (Lipinski definition) is 3. The molecule has 0 bridgehead atoms. The van der Waals surface area contributed by atoms with E-state index in [1.54, 1.807) is 0 Å². The van der Waals surface area contributed by atoms with E-state index in [9.17, 15) is 13.2 Å². The second kappa shape index (κ2) is 5.49. The Labute approximate surface area is 117 Å². The van der Waals surface area contributed by atoms with Crippen molar-refractivity contribution in [3.63, 3.8) is 0 Å². The van der Waals surface area contributed by atoms with Gasteiger partial charge in [0.15, 0.2) is 15.7 Å². The molecule has 0 aromatic heterocycles. The molecule has 0 aliphatic heterocycles. The fraction of sp³-hybridized carbons (Fsp3) is 0.333. The van der Waals surface area contributed by atoms with Gasteiger partial charge in [0.2, 0.25) is 5.91 Å². The van der Waals surface area contributed by atoms with Crippen LogP contribution in [0.4, 0.5) is 5.69 Å². The van der Waals surface area contributed by atoms with Gasteiger partial charge in [0.1, 0.15) is 5.41 Å². The number of anilines is 1. The summed E-state index contributed by atoms with van der Waals surface area (Å²) in [6, 6.07) is 5.72. The van der Waals surface area contributed by atoms with Crippen molar-refractivity contribution in [2.75, 3.05) is 11.6 Å². The van der Waals surface area contributed by atoms with Gasteiger partial charge >= 0.3 is 0 Å². The lowest BCUT2D eigenvalue weighted by molar-refractivity contribution is -0.121. The van der Waals surface area contributed by atoms with Crippen LogP contribution in [-0.2, 0) is 14.6 Å². The minimum atomic E-state index is -3.28. The largest absolute Gasteiger partial charge is 0.409 e. The van der Waals surface area contributed by atoms with Crippen LogP contribution in [0.3, 0.4) is 0 Å². The lowest BCUT2D eigenvalue weighted by Crippen LogP contribution is -2.42. The van der Waals surface area contributed by atoms with E-state index in [-0.39, 0.29) is 10.7 Å². The van der Waals surface area contributed by atoms with Gasteiger partial charge in [0.25, 0.3) is 0 Å². The number of rotatable bonds is 4. The summed E-state index contributed by atoms with van der Waals surface area (Å²) >= 11 is 0. The quantitative estimate of drug-likeness (QED) is 0.328. The fourth-order valence-electron chi connectivity index (χ4n) is 1.31. The van der Waals surface area contributed by atoms with Crippen molar-refractivity contribution < 1.29 is 18.4 Å². The van der Waals surface area contributed by atoms with Crippen molar-refractivity contribution in [1.82, 2.24) is 0 Å². The Hall–Kier alpha value is -2.09. The highest BCUT2D eigenvalue weighted by Gasteiger charge is 2.32. The summed E-state index contributed by atoms with van der Waals surface area (Å²) in [6.07, 6.45) is 1.10. The third kappa shape index (κ3) is 3.47. The smallest absolute Gasteiger partial charge is 0.237 e. The zero-order chi connectivity index (χ0) is 15.6. The van der Waals surface area contributed by atoms with Gasteiger partial charge in [-0.15, -0.1) is 0 Å². The normalized spacial score (nSPS) is 13.1. The van der Waals surface area contributed by atoms with Gasteiger partial charge in [-0.1, -0.05) is 5.16 Å². The molecule has 0 saturated carbocycles. The topological polar surface area (TPSA) is 122 Å². The predicted octanol–water partition coefficient (Wildman–Crippen LogP) is 0.801. The molecule has 0 aliphatic rings. The number of nitrogens with one attached hydrogen (secondary N) is 1. The molecule has 0 atom stereocenters. The van der Waals surface area contributed by atoms with Gasteiger partial charge in [0, 0.05) is 11.9 Å². The van der Waals surface area contributed by atoms with Gasteiger partial charge in [-0.25, -0.2) is 8.42 Å². The Balaban J connectivity index is 2.93. The first-order valence-corrected chi connectivity index (χ1v) is 7.57. The van der Waals surface area contributed by atoms with Crippen molar-refractivity contribution in [3.8, 4) is 0 Å². The number of hydrogen-bond acceptors (Lipinski definition) is 5. The van der Waals surface area contributed by atoms with Gasteiger partial charge in [0.05, 0.1) is 4.90 Å². The summed E-state index contributed by atoms with van der Waals surface area (Å²) in [6.45, 7) is 3.00. The maximum absolute atomic E-state index is 12.0. The maximum atomic E-state index is 12.0. The number of amides is 1. The molecular weight excluding hydrogens is 282 g/mol. The lowest BCUT2D eigenvalue weighted by Gasteiger charge is -2.21. The molecule has 0 radical (unpaired) electrons. The van der Waals surface area contributed by atoms with E-state index in [0.29, 0.717) is 5.69 Å². The Morgan fingerprint density at radius 3 is 2.20 bits per heavy atom. The Morgan fingerprint density at radius 1 is 1.30 bits per heavy atom. The average molecular weight is 299 g/mol. The summed E-state index contributed by atoms with van der Waals surface area (Å²) in [5, 5.41) is 14.0. The SMILES string of the molecule is CC(C)(C(=O)Nc1ccc(S(C)(=O)=O)cc1)C(N)=NO. The van der Waals surface area contributed by atoms with Crippen LogP contribution in [0.1, 0.15) is 13.8 Å². The monoisotopic (exact) mass is 299 g/mol. The van der Waals surface area contributed by atoms with Crippen LogP contribution in [0, 0.1) is 5.41 Å². The number of nitrogens with two attached hydrogens (primary N) is 1. The standard InChI is InChI=1S/C12H17N3O4S/c1-12(2,10(13)15-17)11(16)14-8-4-6-9(7-5-8)20(3,18)19/h4-7,17H,1-3H3,(H2,13,15)(H,14,16). The third-order valence-electron chi connectivity index (χ3n) is 2.86. The second-order valence-corrected chi connectivity index (χ2v) is 6.88. The molecular formula is C12H17N3O4S. The van der Waals surface area contributed by atoms with Crippen molar-refractivity contribution in [2.24, 2.45) is 16.3 Å². The zero-order valence-electron chi connectivity index (χ0n) is 11.4. The van der Waals surface area contributed by atoms with Crippen molar-refractivity contribution >= 4 is 27.3 Å². The van der Waals surface area contributed by atoms with Gasteiger partial charge in [-0.2, -0.15) is 0 Å². The molecule has 1 aromatic carbocycles. The highest BCUT2D eigenvalue weighted by atomic mass is 32.2. The molecule has 110 valence electrons. The molecule has 0 spiro atoms. The summed E-state index contributed by atoms with van der Waals surface area (Å²) in [5.74, 6) is -0.692. The summed E-state index contributed by atoms with van der Waals surface area (Å²) in [5.41, 5.74) is 4.67. The lowest BCUT2D eigenvalue weighted by atomic mass is 9.91. The Kier molecular flexibility index (Phi) is 4.39. The van der Waals surface area contributed by atoms with Crippen molar-refractivity contribution in [1.29, 1.82) is 0 Å². The Morgan fingerprint density at radius 2 is 1.80 bits per heavy atom. The first-order chi connectivity index (χ1) is 9.09. The average Bonchev–Trinajstić information content (AvgIpc) is 2.37. The molecule has 1 aromatic rings. The molecule has 4 N–H and O–H groups in total. The number of oxime groups is 1. The number of sulfone groups is 1. The highest BCUT2D eigenvalue weighted by Crippen LogP contribution is 2.20. The third-order valence-corrected chi connectivity index (χ3v) is 3.98.